The van der Waals surface area contributed by atoms with Gasteiger partial charge >= 0.3 is 0 Å². The van der Waals surface area contributed by atoms with Crippen molar-refractivity contribution in [3.63, 3.8) is 0 Å². The second kappa shape index (κ2) is 7.12. The van der Waals surface area contributed by atoms with Crippen LogP contribution in [0.3, 0.4) is 0 Å². The van der Waals surface area contributed by atoms with E-state index in [1.807, 2.05) is 24.3 Å². The van der Waals surface area contributed by atoms with Crippen molar-refractivity contribution in [2.24, 2.45) is 0 Å². The van der Waals surface area contributed by atoms with E-state index in [0.717, 1.165) is 55.8 Å². The van der Waals surface area contributed by atoms with Crippen molar-refractivity contribution in [2.45, 2.75) is 6.42 Å². The van der Waals surface area contributed by atoms with Crippen molar-refractivity contribution in [3.8, 4) is 5.75 Å². The fraction of sp³-hybridized carbons (Fsp3) is 0.412. The molecule has 1 fully saturated rings. The lowest BCUT2D eigenvalue weighted by Gasteiger charge is -2.26. The van der Waals surface area contributed by atoms with Crippen LogP contribution >= 0.6 is 11.6 Å². The molecule has 0 saturated carbocycles. The molecule has 1 heterocycles. The van der Waals surface area contributed by atoms with E-state index >= 15 is 0 Å². The quantitative estimate of drug-likeness (QED) is 0.788. The van der Waals surface area contributed by atoms with Gasteiger partial charge in [0.1, 0.15) is 5.75 Å². The summed E-state index contributed by atoms with van der Waals surface area (Å²) in [4.78, 5) is 2.41. The first-order chi connectivity index (χ1) is 10.3. The number of hydrogen-bond donors (Lipinski definition) is 0. The van der Waals surface area contributed by atoms with E-state index in [1.165, 1.54) is 0 Å². The Morgan fingerprint density at radius 1 is 1.10 bits per heavy atom. The number of rotatable bonds is 5. The van der Waals surface area contributed by atoms with Gasteiger partial charge in [-0.2, -0.15) is 0 Å². The first kappa shape index (κ1) is 14.6. The molecule has 0 bridgehead atoms. The Morgan fingerprint density at radius 3 is 2.76 bits per heavy atom. The minimum atomic E-state index is 0.690. The zero-order valence-electron chi connectivity index (χ0n) is 12.1. The minimum Gasteiger partial charge on any atom is -0.492 e. The number of nitrogens with zero attached hydrogens (tertiary/aromatic N) is 1. The lowest BCUT2D eigenvalue weighted by Crippen LogP contribution is -2.37. The van der Waals surface area contributed by atoms with Crippen LogP contribution < -0.4 is 4.74 Å². The van der Waals surface area contributed by atoms with Crippen LogP contribution in [0.2, 0.25) is 5.02 Å². The molecule has 4 heteroatoms. The van der Waals surface area contributed by atoms with Crippen LogP contribution in [0.5, 0.6) is 5.75 Å². The van der Waals surface area contributed by atoms with Gasteiger partial charge in [-0.3, -0.25) is 4.90 Å². The monoisotopic (exact) mass is 305 g/mol. The smallest absolute Gasteiger partial charge is 0.138 e. The molecule has 0 radical (unpaired) electrons. The number of ether oxygens (including phenoxy) is 2. The van der Waals surface area contributed by atoms with Gasteiger partial charge in [-0.05, 0) is 17.9 Å². The molecule has 3 nitrogen and oxygen atoms in total. The molecule has 1 aliphatic rings. The van der Waals surface area contributed by atoms with E-state index in [9.17, 15) is 0 Å². The average molecular weight is 306 g/mol. The number of morpholine rings is 1. The summed E-state index contributed by atoms with van der Waals surface area (Å²) in [6, 6.07) is 12.1. The molecule has 0 atom stereocenters. The highest BCUT2D eigenvalue weighted by Gasteiger charge is 2.10. The van der Waals surface area contributed by atoms with Crippen LogP contribution in [-0.2, 0) is 4.74 Å². The van der Waals surface area contributed by atoms with E-state index in [-0.39, 0.29) is 0 Å². The van der Waals surface area contributed by atoms with Gasteiger partial charge in [-0.15, -0.1) is 0 Å². The first-order valence-corrected chi connectivity index (χ1v) is 7.82. The van der Waals surface area contributed by atoms with Gasteiger partial charge < -0.3 is 9.47 Å². The normalized spacial score (nSPS) is 16.2. The zero-order valence-corrected chi connectivity index (χ0v) is 12.8. The van der Waals surface area contributed by atoms with Gasteiger partial charge in [-0.1, -0.05) is 41.9 Å². The molecule has 21 heavy (non-hydrogen) atoms. The third-order valence-electron chi connectivity index (χ3n) is 3.81. The predicted molar refractivity (Wildman–Crippen MR) is 86.3 cm³/mol. The molecule has 3 rings (SSSR count). The third-order valence-corrected chi connectivity index (χ3v) is 4.20. The molecule has 1 saturated heterocycles. The second-order valence-corrected chi connectivity index (χ2v) is 5.63. The van der Waals surface area contributed by atoms with E-state index in [0.29, 0.717) is 11.6 Å². The average Bonchev–Trinajstić information content (AvgIpc) is 2.55. The third kappa shape index (κ3) is 3.67. The fourth-order valence-electron chi connectivity index (χ4n) is 2.62. The molecule has 112 valence electrons. The molecule has 1 aliphatic heterocycles. The Bertz CT molecular complexity index is 596. The van der Waals surface area contributed by atoms with Crippen LogP contribution in [0.15, 0.2) is 36.4 Å². The predicted octanol–water partition coefficient (Wildman–Crippen LogP) is 3.59. The van der Waals surface area contributed by atoms with Gasteiger partial charge in [0.2, 0.25) is 0 Å². The molecule has 0 aromatic heterocycles. The number of hydrogen-bond acceptors (Lipinski definition) is 3. The number of benzene rings is 2. The van der Waals surface area contributed by atoms with E-state index in [2.05, 4.69) is 17.0 Å². The zero-order chi connectivity index (χ0) is 14.5. The Morgan fingerprint density at radius 2 is 1.90 bits per heavy atom. The van der Waals surface area contributed by atoms with E-state index < -0.39 is 0 Å². The molecule has 2 aromatic rings. The summed E-state index contributed by atoms with van der Waals surface area (Å²) < 4.78 is 11.2. The molecular weight excluding hydrogens is 286 g/mol. The summed E-state index contributed by atoms with van der Waals surface area (Å²) >= 11 is 6.42. The van der Waals surface area contributed by atoms with Crippen molar-refractivity contribution < 1.29 is 9.47 Å². The SMILES string of the molecule is Clc1c(OCCCN2CCOCC2)ccc2ccccc12. The molecule has 0 unspecified atom stereocenters. The Kier molecular flexibility index (Phi) is 4.96. The van der Waals surface area contributed by atoms with Gasteiger partial charge in [0, 0.05) is 25.0 Å². The topological polar surface area (TPSA) is 21.7 Å². The molecular formula is C17H20ClNO2. The van der Waals surface area contributed by atoms with Crippen molar-refractivity contribution >= 4 is 22.4 Å². The van der Waals surface area contributed by atoms with Crippen LogP contribution in [0.25, 0.3) is 10.8 Å². The molecule has 0 aliphatic carbocycles. The lowest BCUT2D eigenvalue weighted by atomic mass is 10.1. The van der Waals surface area contributed by atoms with Crippen molar-refractivity contribution in [1.29, 1.82) is 0 Å². The highest BCUT2D eigenvalue weighted by molar-refractivity contribution is 6.37. The van der Waals surface area contributed by atoms with Crippen molar-refractivity contribution in [1.82, 2.24) is 4.90 Å². The molecule has 0 spiro atoms. The number of fused-ring (bicyclic) bond motifs is 1. The maximum Gasteiger partial charge on any atom is 0.138 e. The van der Waals surface area contributed by atoms with Gasteiger partial charge in [0.25, 0.3) is 0 Å². The Hall–Kier alpha value is -1.29. The summed E-state index contributed by atoms with van der Waals surface area (Å²) in [5, 5.41) is 2.90. The van der Waals surface area contributed by atoms with Crippen LogP contribution in [0.4, 0.5) is 0 Å². The minimum absolute atomic E-state index is 0.690. The van der Waals surface area contributed by atoms with Crippen molar-refractivity contribution in [3.05, 3.63) is 41.4 Å². The van der Waals surface area contributed by atoms with Gasteiger partial charge in [0.15, 0.2) is 0 Å². The number of halogens is 1. The van der Waals surface area contributed by atoms with Crippen LogP contribution in [0.1, 0.15) is 6.42 Å². The maximum atomic E-state index is 6.42. The van der Waals surface area contributed by atoms with Crippen molar-refractivity contribution in [2.75, 3.05) is 39.5 Å². The fourth-order valence-corrected chi connectivity index (χ4v) is 2.91. The Labute approximate surface area is 130 Å². The van der Waals surface area contributed by atoms with Gasteiger partial charge in [-0.25, -0.2) is 0 Å². The summed E-state index contributed by atoms with van der Waals surface area (Å²) in [6.45, 7) is 5.48. The summed E-state index contributed by atoms with van der Waals surface area (Å²) in [6.07, 6.45) is 1.00. The van der Waals surface area contributed by atoms with Crippen LogP contribution in [0, 0.1) is 0 Å². The molecule has 2 aromatic carbocycles. The first-order valence-electron chi connectivity index (χ1n) is 7.45. The molecule has 0 N–H and O–H groups in total. The standard InChI is InChI=1S/C17H20ClNO2/c18-17-15-5-2-1-4-14(15)6-7-16(17)21-11-3-8-19-9-12-20-13-10-19/h1-2,4-7H,3,8-13H2. The van der Waals surface area contributed by atoms with E-state index in [1.54, 1.807) is 0 Å². The van der Waals surface area contributed by atoms with Gasteiger partial charge in [0.05, 0.1) is 24.8 Å². The van der Waals surface area contributed by atoms with E-state index in [4.69, 9.17) is 21.1 Å². The summed E-state index contributed by atoms with van der Waals surface area (Å²) in [5.41, 5.74) is 0. The largest absolute Gasteiger partial charge is 0.492 e. The molecule has 0 amide bonds. The highest BCUT2D eigenvalue weighted by Crippen LogP contribution is 2.32. The summed E-state index contributed by atoms with van der Waals surface area (Å²) in [5.74, 6) is 0.775. The maximum absolute atomic E-state index is 6.42. The Balaban J connectivity index is 1.54. The summed E-state index contributed by atoms with van der Waals surface area (Å²) in [7, 11) is 0. The highest BCUT2D eigenvalue weighted by atomic mass is 35.5. The second-order valence-electron chi connectivity index (χ2n) is 5.25. The van der Waals surface area contributed by atoms with Crippen LogP contribution in [-0.4, -0.2) is 44.4 Å². The lowest BCUT2D eigenvalue weighted by molar-refractivity contribution is 0.0358.